The molecule has 170 valence electrons. The number of carbonyl (C=O) groups excluding carboxylic acids is 1. The number of rotatable bonds is 4. The lowest BCUT2D eigenvalue weighted by Gasteiger charge is -2.42. The van der Waals surface area contributed by atoms with Gasteiger partial charge < -0.3 is 9.64 Å². The van der Waals surface area contributed by atoms with Crippen molar-refractivity contribution in [3.05, 3.63) is 78.4 Å². The molecule has 2 aliphatic rings. The average molecular weight is 447 g/mol. The van der Waals surface area contributed by atoms with Crippen LogP contribution < -0.4 is 4.90 Å². The molecule has 1 amide bonds. The van der Waals surface area contributed by atoms with Crippen molar-refractivity contribution in [2.45, 2.75) is 31.4 Å². The van der Waals surface area contributed by atoms with Crippen molar-refractivity contribution in [2.75, 3.05) is 31.1 Å². The summed E-state index contributed by atoms with van der Waals surface area (Å²) in [5.74, 6) is 0.347. The molecule has 0 N–H and O–H groups in total. The summed E-state index contributed by atoms with van der Waals surface area (Å²) >= 11 is 0. The second-order valence-corrected chi connectivity index (χ2v) is 8.84. The van der Waals surface area contributed by atoms with Gasteiger partial charge in [-0.3, -0.25) is 9.69 Å². The van der Waals surface area contributed by atoms with Crippen LogP contribution in [0.5, 0.6) is 0 Å². The number of morpholine rings is 1. The van der Waals surface area contributed by atoms with E-state index >= 15 is 0 Å². The molecule has 2 aliphatic heterocycles. The van der Waals surface area contributed by atoms with Gasteiger partial charge in [-0.1, -0.05) is 30.3 Å². The summed E-state index contributed by atoms with van der Waals surface area (Å²) in [6.45, 7) is 3.17. The Morgan fingerprint density at radius 1 is 0.970 bits per heavy atom. The van der Waals surface area contributed by atoms with E-state index in [1.807, 2.05) is 42.7 Å². The van der Waals surface area contributed by atoms with Crippen LogP contribution in [0.3, 0.4) is 0 Å². The van der Waals surface area contributed by atoms with E-state index in [2.05, 4.69) is 14.9 Å². The van der Waals surface area contributed by atoms with Crippen molar-refractivity contribution < 1.29 is 13.9 Å². The summed E-state index contributed by atoms with van der Waals surface area (Å²) in [5, 5.41) is 0. The zero-order valence-electron chi connectivity index (χ0n) is 18.5. The second kappa shape index (κ2) is 9.37. The number of halogens is 1. The number of anilines is 1. The third-order valence-corrected chi connectivity index (χ3v) is 6.52. The molecule has 1 aromatic heterocycles. The van der Waals surface area contributed by atoms with Gasteiger partial charge in [0, 0.05) is 42.3 Å². The molecule has 1 spiro atoms. The van der Waals surface area contributed by atoms with E-state index in [4.69, 9.17) is 4.74 Å². The standard InChI is InChI=1S/C26H27FN4O2/c27-22-7-9-23(10-8-22)31-19-26(33-18-24(31)32)11-4-13-30(14-12-26)17-20-15-28-25(29-16-20)21-5-2-1-3-6-21/h1-3,5-10,15-16H,4,11-14,17-19H2. The third kappa shape index (κ3) is 4.94. The lowest BCUT2D eigenvalue weighted by atomic mass is 9.92. The lowest BCUT2D eigenvalue weighted by molar-refractivity contribution is -0.140. The molecule has 0 saturated carbocycles. The van der Waals surface area contributed by atoms with Gasteiger partial charge in [0.05, 0.1) is 12.1 Å². The Morgan fingerprint density at radius 2 is 1.73 bits per heavy atom. The van der Waals surface area contributed by atoms with Gasteiger partial charge in [0.15, 0.2) is 5.82 Å². The number of carbonyl (C=O) groups is 1. The van der Waals surface area contributed by atoms with E-state index < -0.39 is 0 Å². The molecular weight excluding hydrogens is 419 g/mol. The molecule has 1 atom stereocenters. The highest BCUT2D eigenvalue weighted by Gasteiger charge is 2.41. The summed E-state index contributed by atoms with van der Waals surface area (Å²) in [4.78, 5) is 25.7. The van der Waals surface area contributed by atoms with Gasteiger partial charge in [-0.05, 0) is 50.1 Å². The maximum atomic E-state index is 13.3. The Hall–Kier alpha value is -3.16. The van der Waals surface area contributed by atoms with E-state index in [1.165, 1.54) is 12.1 Å². The van der Waals surface area contributed by atoms with Crippen LogP contribution in [-0.4, -0.2) is 52.6 Å². The number of amides is 1. The molecule has 33 heavy (non-hydrogen) atoms. The first kappa shape index (κ1) is 21.7. The minimum absolute atomic E-state index is 0.0617. The highest BCUT2D eigenvalue weighted by Crippen LogP contribution is 2.33. The molecule has 5 rings (SSSR count). The smallest absolute Gasteiger partial charge is 0.253 e. The monoisotopic (exact) mass is 446 g/mol. The van der Waals surface area contributed by atoms with Crippen LogP contribution in [0, 0.1) is 5.82 Å². The Labute approximate surface area is 193 Å². The highest BCUT2D eigenvalue weighted by atomic mass is 19.1. The predicted octanol–water partition coefficient (Wildman–Crippen LogP) is 4.07. The summed E-state index contributed by atoms with van der Waals surface area (Å²) in [7, 11) is 0. The molecule has 2 aromatic carbocycles. The fourth-order valence-electron chi connectivity index (χ4n) is 4.69. The minimum atomic E-state index is -0.370. The molecule has 0 radical (unpaired) electrons. The van der Waals surface area contributed by atoms with Crippen LogP contribution in [-0.2, 0) is 16.1 Å². The molecule has 7 heteroatoms. The Kier molecular flexibility index (Phi) is 6.15. The second-order valence-electron chi connectivity index (χ2n) is 8.84. The van der Waals surface area contributed by atoms with Crippen LogP contribution in [0.15, 0.2) is 67.0 Å². The van der Waals surface area contributed by atoms with Gasteiger partial charge in [0.25, 0.3) is 5.91 Å². The number of hydrogen-bond acceptors (Lipinski definition) is 5. The normalized spacial score (nSPS) is 21.8. The van der Waals surface area contributed by atoms with Crippen molar-refractivity contribution in [3.63, 3.8) is 0 Å². The first-order valence-corrected chi connectivity index (χ1v) is 11.4. The Balaban J connectivity index is 1.23. The number of ether oxygens (including phenoxy) is 1. The molecular formula is C26H27FN4O2. The van der Waals surface area contributed by atoms with E-state index in [0.29, 0.717) is 6.54 Å². The molecule has 1 unspecified atom stereocenters. The molecule has 0 aliphatic carbocycles. The number of benzene rings is 2. The summed E-state index contributed by atoms with van der Waals surface area (Å²) in [5.41, 5.74) is 2.44. The Morgan fingerprint density at radius 3 is 2.48 bits per heavy atom. The SMILES string of the molecule is O=C1COC2(CCCN(Cc3cnc(-c4ccccc4)nc3)CC2)CN1c1ccc(F)cc1. The van der Waals surface area contributed by atoms with E-state index in [9.17, 15) is 9.18 Å². The maximum absolute atomic E-state index is 13.3. The van der Waals surface area contributed by atoms with Crippen molar-refractivity contribution in [1.82, 2.24) is 14.9 Å². The van der Waals surface area contributed by atoms with E-state index in [1.54, 1.807) is 17.0 Å². The Bertz CT molecular complexity index is 1090. The van der Waals surface area contributed by atoms with Gasteiger partial charge in [-0.15, -0.1) is 0 Å². The van der Waals surface area contributed by atoms with Crippen molar-refractivity contribution in [1.29, 1.82) is 0 Å². The quantitative estimate of drug-likeness (QED) is 0.605. The van der Waals surface area contributed by atoms with Gasteiger partial charge >= 0.3 is 0 Å². The number of likely N-dealkylation sites (tertiary alicyclic amines) is 1. The van der Waals surface area contributed by atoms with Crippen LogP contribution in [0.4, 0.5) is 10.1 Å². The topological polar surface area (TPSA) is 58.6 Å². The minimum Gasteiger partial charge on any atom is -0.363 e. The van der Waals surface area contributed by atoms with E-state index in [-0.39, 0.29) is 23.9 Å². The average Bonchev–Trinajstić information content (AvgIpc) is 3.05. The first-order chi connectivity index (χ1) is 16.1. The number of hydrogen-bond donors (Lipinski definition) is 0. The number of nitrogens with zero attached hydrogens (tertiary/aromatic N) is 4. The summed E-state index contributed by atoms with van der Waals surface area (Å²) in [6, 6.07) is 16.1. The number of aromatic nitrogens is 2. The largest absolute Gasteiger partial charge is 0.363 e. The highest BCUT2D eigenvalue weighted by molar-refractivity contribution is 5.95. The molecule has 0 bridgehead atoms. The van der Waals surface area contributed by atoms with Gasteiger partial charge in [0.1, 0.15) is 12.4 Å². The third-order valence-electron chi connectivity index (χ3n) is 6.52. The van der Waals surface area contributed by atoms with Gasteiger partial charge in [-0.2, -0.15) is 0 Å². The fraction of sp³-hybridized carbons (Fsp3) is 0.346. The van der Waals surface area contributed by atoms with Crippen LogP contribution in [0.25, 0.3) is 11.4 Å². The van der Waals surface area contributed by atoms with E-state index in [0.717, 1.165) is 61.5 Å². The molecule has 3 aromatic rings. The van der Waals surface area contributed by atoms with Crippen molar-refractivity contribution in [3.8, 4) is 11.4 Å². The van der Waals surface area contributed by atoms with Crippen LogP contribution in [0.2, 0.25) is 0 Å². The summed E-state index contributed by atoms with van der Waals surface area (Å²) < 4.78 is 19.5. The lowest BCUT2D eigenvalue weighted by Crippen LogP contribution is -2.55. The zero-order valence-corrected chi connectivity index (χ0v) is 18.5. The molecule has 2 fully saturated rings. The van der Waals surface area contributed by atoms with Gasteiger partial charge in [0.2, 0.25) is 0 Å². The molecule has 2 saturated heterocycles. The first-order valence-electron chi connectivity index (χ1n) is 11.4. The molecule has 6 nitrogen and oxygen atoms in total. The maximum Gasteiger partial charge on any atom is 0.253 e. The fourth-order valence-corrected chi connectivity index (χ4v) is 4.69. The van der Waals surface area contributed by atoms with Crippen molar-refractivity contribution in [2.24, 2.45) is 0 Å². The zero-order chi connectivity index (χ0) is 22.7. The summed E-state index contributed by atoms with van der Waals surface area (Å²) in [6.07, 6.45) is 6.51. The van der Waals surface area contributed by atoms with Crippen LogP contribution >= 0.6 is 0 Å². The van der Waals surface area contributed by atoms with Crippen molar-refractivity contribution >= 4 is 11.6 Å². The van der Waals surface area contributed by atoms with Crippen LogP contribution in [0.1, 0.15) is 24.8 Å². The molecule has 3 heterocycles. The van der Waals surface area contributed by atoms with Gasteiger partial charge in [-0.25, -0.2) is 14.4 Å². The predicted molar refractivity (Wildman–Crippen MR) is 124 cm³/mol.